The Bertz CT molecular complexity index is 440. The zero-order valence-electron chi connectivity index (χ0n) is 13.1. The van der Waals surface area contributed by atoms with Crippen LogP contribution in [0.1, 0.15) is 31.9 Å². The van der Waals surface area contributed by atoms with E-state index < -0.39 is 6.61 Å². The minimum absolute atomic E-state index is 0. The first-order chi connectivity index (χ1) is 10.1. The van der Waals surface area contributed by atoms with Gasteiger partial charge in [-0.05, 0) is 30.0 Å². The lowest BCUT2D eigenvalue weighted by molar-refractivity contribution is -0.0499. The summed E-state index contributed by atoms with van der Waals surface area (Å²) in [6, 6.07) is 7.39. The third kappa shape index (κ3) is 5.71. The van der Waals surface area contributed by atoms with Crippen molar-refractivity contribution in [1.82, 2.24) is 10.2 Å². The molecule has 0 unspecified atom stereocenters. The number of benzene rings is 1. The van der Waals surface area contributed by atoms with E-state index in [0.717, 1.165) is 38.2 Å². The lowest BCUT2D eigenvalue weighted by atomic mass is 9.95. The first-order valence-electron chi connectivity index (χ1n) is 7.56. The van der Waals surface area contributed by atoms with Crippen molar-refractivity contribution in [2.24, 2.45) is 5.92 Å². The van der Waals surface area contributed by atoms with Crippen LogP contribution in [0.4, 0.5) is 8.78 Å². The fourth-order valence-corrected chi connectivity index (χ4v) is 2.83. The molecule has 2 rings (SSSR count). The van der Waals surface area contributed by atoms with Crippen LogP contribution >= 0.6 is 12.4 Å². The zero-order valence-corrected chi connectivity index (χ0v) is 13.9. The van der Waals surface area contributed by atoms with Crippen molar-refractivity contribution in [2.45, 2.75) is 32.9 Å². The highest BCUT2D eigenvalue weighted by atomic mass is 35.5. The van der Waals surface area contributed by atoms with Crippen LogP contribution in [0.15, 0.2) is 24.3 Å². The molecule has 1 atom stereocenters. The molecule has 126 valence electrons. The Morgan fingerprint density at radius 3 is 2.50 bits per heavy atom. The van der Waals surface area contributed by atoms with E-state index in [1.165, 1.54) is 0 Å². The minimum Gasteiger partial charge on any atom is -0.435 e. The number of nitrogens with zero attached hydrogens (tertiary/aromatic N) is 1. The van der Waals surface area contributed by atoms with Crippen LogP contribution in [0.25, 0.3) is 0 Å². The maximum absolute atomic E-state index is 12.4. The van der Waals surface area contributed by atoms with E-state index in [4.69, 9.17) is 0 Å². The van der Waals surface area contributed by atoms with Crippen LogP contribution in [0.5, 0.6) is 5.75 Å². The van der Waals surface area contributed by atoms with Crippen molar-refractivity contribution in [2.75, 3.05) is 26.2 Å². The number of ether oxygens (including phenoxy) is 1. The molecule has 0 bridgehead atoms. The third-order valence-corrected chi connectivity index (χ3v) is 3.76. The summed E-state index contributed by atoms with van der Waals surface area (Å²) in [7, 11) is 0. The summed E-state index contributed by atoms with van der Waals surface area (Å²) in [4.78, 5) is 2.43. The van der Waals surface area contributed by atoms with Gasteiger partial charge in [-0.1, -0.05) is 26.0 Å². The second-order valence-corrected chi connectivity index (χ2v) is 5.88. The molecule has 22 heavy (non-hydrogen) atoms. The number of hydrogen-bond acceptors (Lipinski definition) is 3. The van der Waals surface area contributed by atoms with Crippen LogP contribution in [0.2, 0.25) is 0 Å². The molecule has 1 aliphatic heterocycles. The SMILES string of the molecule is CC(C)C[C@H](c1cccc(OC(F)F)c1)N1CCNCC1.Cl. The molecule has 0 aromatic heterocycles. The van der Waals surface area contributed by atoms with Crippen LogP contribution < -0.4 is 10.1 Å². The van der Waals surface area contributed by atoms with Crippen molar-refractivity contribution in [3.8, 4) is 5.75 Å². The van der Waals surface area contributed by atoms with Gasteiger partial charge in [0.15, 0.2) is 0 Å². The fourth-order valence-electron chi connectivity index (χ4n) is 2.83. The van der Waals surface area contributed by atoms with Gasteiger partial charge in [0, 0.05) is 32.2 Å². The average Bonchev–Trinajstić information content (AvgIpc) is 2.45. The molecule has 1 fully saturated rings. The molecule has 6 heteroatoms. The molecule has 0 saturated carbocycles. The maximum atomic E-state index is 12.4. The summed E-state index contributed by atoms with van der Waals surface area (Å²) in [6.45, 7) is 5.52. The number of rotatable bonds is 6. The van der Waals surface area contributed by atoms with Gasteiger partial charge in [0.1, 0.15) is 5.75 Å². The first-order valence-corrected chi connectivity index (χ1v) is 7.56. The Balaban J connectivity index is 0.00000242. The highest BCUT2D eigenvalue weighted by molar-refractivity contribution is 5.85. The van der Waals surface area contributed by atoms with Gasteiger partial charge in [-0.15, -0.1) is 12.4 Å². The monoisotopic (exact) mass is 334 g/mol. The second-order valence-electron chi connectivity index (χ2n) is 5.88. The van der Waals surface area contributed by atoms with Gasteiger partial charge in [-0.25, -0.2) is 0 Å². The molecule has 1 aromatic rings. The highest BCUT2D eigenvalue weighted by Gasteiger charge is 2.23. The summed E-state index contributed by atoms with van der Waals surface area (Å²) < 4.78 is 29.3. The number of alkyl halides is 2. The van der Waals surface area contributed by atoms with E-state index in [-0.39, 0.29) is 24.2 Å². The third-order valence-electron chi connectivity index (χ3n) is 3.76. The lowest BCUT2D eigenvalue weighted by Crippen LogP contribution is -2.45. The molecular weight excluding hydrogens is 310 g/mol. The average molecular weight is 335 g/mol. The molecular formula is C16H25ClF2N2O. The van der Waals surface area contributed by atoms with Crippen molar-refractivity contribution in [3.63, 3.8) is 0 Å². The zero-order chi connectivity index (χ0) is 15.2. The van der Waals surface area contributed by atoms with Gasteiger partial charge in [0.05, 0.1) is 0 Å². The van der Waals surface area contributed by atoms with Gasteiger partial charge in [0.25, 0.3) is 0 Å². The molecule has 1 aromatic carbocycles. The van der Waals surface area contributed by atoms with Gasteiger partial charge >= 0.3 is 6.61 Å². The van der Waals surface area contributed by atoms with Crippen molar-refractivity contribution in [3.05, 3.63) is 29.8 Å². The Kier molecular flexibility index (Phi) is 8.07. The van der Waals surface area contributed by atoms with E-state index >= 15 is 0 Å². The Hall–Kier alpha value is -0.910. The summed E-state index contributed by atoms with van der Waals surface area (Å²) in [5.74, 6) is 0.788. The highest BCUT2D eigenvalue weighted by Crippen LogP contribution is 2.30. The fraction of sp³-hybridized carbons (Fsp3) is 0.625. The molecule has 1 aliphatic rings. The Morgan fingerprint density at radius 1 is 1.23 bits per heavy atom. The summed E-state index contributed by atoms with van der Waals surface area (Å²) in [5.41, 5.74) is 1.06. The number of nitrogens with one attached hydrogen (secondary N) is 1. The predicted molar refractivity (Wildman–Crippen MR) is 87.0 cm³/mol. The lowest BCUT2D eigenvalue weighted by Gasteiger charge is -2.36. The van der Waals surface area contributed by atoms with E-state index in [2.05, 4.69) is 28.8 Å². The normalized spacial score (nSPS) is 17.4. The first kappa shape index (κ1) is 19.1. The predicted octanol–water partition coefficient (Wildman–Crippen LogP) is 3.70. The van der Waals surface area contributed by atoms with Crippen molar-refractivity contribution in [1.29, 1.82) is 0 Å². The summed E-state index contributed by atoms with van der Waals surface area (Å²) >= 11 is 0. The van der Waals surface area contributed by atoms with Crippen LogP contribution in [-0.4, -0.2) is 37.7 Å². The molecule has 0 spiro atoms. The molecule has 3 nitrogen and oxygen atoms in total. The van der Waals surface area contributed by atoms with E-state index in [1.807, 2.05) is 6.07 Å². The molecule has 0 radical (unpaired) electrons. The number of halogens is 3. The largest absolute Gasteiger partial charge is 0.435 e. The molecule has 1 N–H and O–H groups in total. The van der Waals surface area contributed by atoms with Crippen molar-refractivity contribution < 1.29 is 13.5 Å². The quantitative estimate of drug-likeness (QED) is 0.858. The van der Waals surface area contributed by atoms with Crippen LogP contribution in [0.3, 0.4) is 0 Å². The van der Waals surface area contributed by atoms with Crippen molar-refractivity contribution >= 4 is 12.4 Å². The van der Waals surface area contributed by atoms with E-state index in [9.17, 15) is 8.78 Å². The van der Waals surface area contributed by atoms with E-state index in [0.29, 0.717) is 5.92 Å². The standard InChI is InChI=1S/C16H24F2N2O.ClH/c1-12(2)10-15(20-8-6-19-7-9-20)13-4-3-5-14(11-13)21-16(17)18;/h3-5,11-12,15-16,19H,6-10H2,1-2H3;1H/t15-;/m1./s1. The minimum atomic E-state index is -2.78. The van der Waals surface area contributed by atoms with Gasteiger partial charge < -0.3 is 10.1 Å². The molecule has 0 amide bonds. The topological polar surface area (TPSA) is 24.5 Å². The Labute approximate surface area is 137 Å². The summed E-state index contributed by atoms with van der Waals surface area (Å²) in [6.07, 6.45) is 1.01. The van der Waals surface area contributed by atoms with Crippen LogP contribution in [-0.2, 0) is 0 Å². The second kappa shape index (κ2) is 9.28. The van der Waals surface area contributed by atoms with Gasteiger partial charge in [-0.3, -0.25) is 4.90 Å². The van der Waals surface area contributed by atoms with Gasteiger partial charge in [0.2, 0.25) is 0 Å². The molecule has 1 heterocycles. The van der Waals surface area contributed by atoms with Gasteiger partial charge in [-0.2, -0.15) is 8.78 Å². The summed E-state index contributed by atoms with van der Waals surface area (Å²) in [5, 5.41) is 3.35. The number of piperazine rings is 1. The van der Waals surface area contributed by atoms with E-state index in [1.54, 1.807) is 18.2 Å². The molecule has 0 aliphatic carbocycles. The number of hydrogen-bond donors (Lipinski definition) is 1. The Morgan fingerprint density at radius 2 is 1.91 bits per heavy atom. The maximum Gasteiger partial charge on any atom is 0.387 e. The smallest absolute Gasteiger partial charge is 0.387 e. The van der Waals surface area contributed by atoms with Crippen LogP contribution in [0, 0.1) is 5.92 Å². The molecule has 1 saturated heterocycles.